The van der Waals surface area contributed by atoms with Gasteiger partial charge in [-0.3, -0.25) is 19.1 Å². The Morgan fingerprint density at radius 3 is 1.59 bits per heavy atom. The number of hydrogen-bond donors (Lipinski definition) is 1. The summed E-state index contributed by atoms with van der Waals surface area (Å²) < 4.78 is 44.3. The van der Waals surface area contributed by atoms with Gasteiger partial charge in [-0.05, 0) is 88.9 Å². The molecule has 284 valence electrons. The largest absolute Gasteiger partial charge is 0.460 e. The molecule has 0 spiro atoms. The lowest BCUT2D eigenvalue weighted by Gasteiger charge is -2.40. The molecule has 0 amide bonds. The highest BCUT2D eigenvalue weighted by atomic mass is 32.2. The zero-order valence-electron chi connectivity index (χ0n) is 32.0. The van der Waals surface area contributed by atoms with Crippen molar-refractivity contribution in [1.82, 2.24) is 5.32 Å². The van der Waals surface area contributed by atoms with E-state index in [1.807, 2.05) is 109 Å². The van der Waals surface area contributed by atoms with Crippen LogP contribution in [0.5, 0.6) is 0 Å². The van der Waals surface area contributed by atoms with Gasteiger partial charge in [-0.25, -0.2) is 0 Å². The summed E-state index contributed by atoms with van der Waals surface area (Å²) in [6.07, 6.45) is 0.403. The van der Waals surface area contributed by atoms with Crippen molar-refractivity contribution in [2.75, 3.05) is 6.61 Å². The summed E-state index contributed by atoms with van der Waals surface area (Å²) in [5.41, 5.74) is -0.0119. The van der Waals surface area contributed by atoms with Crippen molar-refractivity contribution in [3.63, 3.8) is 0 Å². The molecule has 5 aromatic rings. The first-order chi connectivity index (χ1) is 25.6. The summed E-state index contributed by atoms with van der Waals surface area (Å²) in [5, 5.41) is 5.08. The van der Waals surface area contributed by atoms with Gasteiger partial charge in [0.15, 0.2) is 0 Å². The quantitative estimate of drug-likeness (QED) is 0.0489. The van der Waals surface area contributed by atoms with E-state index in [1.165, 1.54) is 6.07 Å². The van der Waals surface area contributed by atoms with Crippen LogP contribution in [0.1, 0.15) is 77.5 Å². The Balaban J connectivity index is 1.50. The van der Waals surface area contributed by atoms with Crippen molar-refractivity contribution in [3.8, 4) is 0 Å². The van der Waals surface area contributed by atoms with E-state index < -0.39 is 50.8 Å². The van der Waals surface area contributed by atoms with Crippen LogP contribution in [0.15, 0.2) is 138 Å². The third-order valence-corrected chi connectivity index (χ3v) is 10.3. The second-order valence-corrected chi connectivity index (χ2v) is 17.0. The Hall–Kier alpha value is -4.83. The molecule has 0 aliphatic rings. The molecule has 0 saturated heterocycles. The molecule has 5 aromatic carbocycles. The molecule has 0 radical (unpaired) electrons. The van der Waals surface area contributed by atoms with Gasteiger partial charge in [-0.15, -0.1) is 0 Å². The van der Waals surface area contributed by atoms with E-state index in [2.05, 4.69) is 5.32 Å². The van der Waals surface area contributed by atoms with Crippen molar-refractivity contribution in [2.45, 2.75) is 88.5 Å². The third-order valence-electron chi connectivity index (χ3n) is 8.92. The van der Waals surface area contributed by atoms with E-state index >= 15 is 0 Å². The highest BCUT2D eigenvalue weighted by Gasteiger charge is 2.42. The molecule has 0 aliphatic heterocycles. The maximum Gasteiger partial charge on any atom is 0.323 e. The van der Waals surface area contributed by atoms with Crippen molar-refractivity contribution < 1.29 is 31.7 Å². The molecule has 2 unspecified atom stereocenters. The fraction of sp³-hybridized carbons (Fsp3) is 0.333. The first-order valence-electron chi connectivity index (χ1n) is 18.4. The fourth-order valence-corrected chi connectivity index (χ4v) is 7.80. The summed E-state index contributed by atoms with van der Waals surface area (Å²) in [6, 6.07) is 40.9. The number of nitrogens with one attached hydrogen (secondary N) is 1. The lowest BCUT2D eigenvalue weighted by molar-refractivity contribution is -0.163. The van der Waals surface area contributed by atoms with Gasteiger partial charge in [0.1, 0.15) is 22.1 Å². The second-order valence-electron chi connectivity index (χ2n) is 15.4. The zero-order chi connectivity index (χ0) is 39.0. The van der Waals surface area contributed by atoms with Gasteiger partial charge in [-0.1, -0.05) is 127 Å². The zero-order valence-corrected chi connectivity index (χ0v) is 32.8. The van der Waals surface area contributed by atoms with E-state index in [0.717, 1.165) is 22.1 Å². The maximum atomic E-state index is 14.4. The van der Waals surface area contributed by atoms with Crippen molar-refractivity contribution in [2.24, 2.45) is 5.92 Å². The number of fused-ring (bicyclic) bond motifs is 1. The van der Waals surface area contributed by atoms with Gasteiger partial charge in [0.25, 0.3) is 10.1 Å². The molecule has 0 aliphatic carbocycles. The molecule has 1 N–H and O–H groups in total. The van der Waals surface area contributed by atoms with Crippen molar-refractivity contribution >= 4 is 32.8 Å². The third kappa shape index (κ3) is 10.2. The highest BCUT2D eigenvalue weighted by molar-refractivity contribution is 7.87. The molecule has 0 saturated carbocycles. The van der Waals surface area contributed by atoms with Crippen molar-refractivity contribution in [1.29, 1.82) is 0 Å². The molecule has 0 bridgehead atoms. The number of esters is 2. The summed E-state index contributed by atoms with van der Waals surface area (Å²) in [7, 11) is -4.11. The van der Waals surface area contributed by atoms with E-state index in [4.69, 9.17) is 13.7 Å². The Labute approximate surface area is 320 Å². The van der Waals surface area contributed by atoms with E-state index in [0.29, 0.717) is 5.39 Å². The smallest absolute Gasteiger partial charge is 0.323 e. The van der Waals surface area contributed by atoms with Gasteiger partial charge >= 0.3 is 11.9 Å². The first kappa shape index (κ1) is 40.4. The van der Waals surface area contributed by atoms with Crippen LogP contribution in [0.4, 0.5) is 0 Å². The normalized spacial score (nSPS) is 13.6. The minimum Gasteiger partial charge on any atom is -0.460 e. The van der Waals surface area contributed by atoms with Gasteiger partial charge in [-0.2, -0.15) is 8.42 Å². The molecule has 0 fully saturated rings. The van der Waals surface area contributed by atoms with Crippen LogP contribution in [0.3, 0.4) is 0 Å². The lowest BCUT2D eigenvalue weighted by atomic mass is 9.76. The number of benzene rings is 5. The highest BCUT2D eigenvalue weighted by Crippen LogP contribution is 2.38. The molecular weight excluding hydrogens is 699 g/mol. The molecular formula is C45H51NO7S. The Morgan fingerprint density at radius 1 is 0.611 bits per heavy atom. The van der Waals surface area contributed by atoms with E-state index in [9.17, 15) is 18.0 Å². The first-order valence-corrected chi connectivity index (χ1v) is 19.8. The van der Waals surface area contributed by atoms with Crippen LogP contribution in [0, 0.1) is 5.92 Å². The summed E-state index contributed by atoms with van der Waals surface area (Å²) >= 11 is 0. The van der Waals surface area contributed by atoms with Crippen LogP contribution in [0.25, 0.3) is 10.8 Å². The van der Waals surface area contributed by atoms with Gasteiger partial charge in [0.05, 0.1) is 18.1 Å². The fourth-order valence-electron chi connectivity index (χ4n) is 6.64. The molecule has 9 heteroatoms. The Bertz CT molecular complexity index is 2000. The molecule has 0 heterocycles. The molecule has 2 atom stereocenters. The predicted octanol–water partition coefficient (Wildman–Crippen LogP) is 8.97. The Kier molecular flexibility index (Phi) is 12.8. The number of ether oxygens (including phenoxy) is 2. The average Bonchev–Trinajstić information content (AvgIpc) is 3.13. The summed E-state index contributed by atoms with van der Waals surface area (Å²) in [4.78, 5) is 28.4. The maximum absolute atomic E-state index is 14.4. The van der Waals surface area contributed by atoms with Gasteiger partial charge < -0.3 is 9.47 Å². The monoisotopic (exact) mass is 749 g/mol. The average molecular weight is 750 g/mol. The van der Waals surface area contributed by atoms with Crippen LogP contribution < -0.4 is 5.32 Å². The lowest BCUT2D eigenvalue weighted by Crippen LogP contribution is -2.54. The Morgan fingerprint density at radius 2 is 1.07 bits per heavy atom. The number of rotatable bonds is 15. The number of hydrogen-bond acceptors (Lipinski definition) is 8. The topological polar surface area (TPSA) is 108 Å². The molecule has 54 heavy (non-hydrogen) atoms. The SMILES string of the molecule is CC(C)(C)OC(=O)C(CCCOS(=O)(=O)c1cccc2ccccc12)CC(NC(c1ccccc1)(c1ccccc1)c1ccccc1)C(=O)OC(C)(C)C. The second kappa shape index (κ2) is 17.1. The molecule has 8 nitrogen and oxygen atoms in total. The molecule has 0 aromatic heterocycles. The summed E-state index contributed by atoms with van der Waals surface area (Å²) in [6.45, 7) is 10.6. The van der Waals surface area contributed by atoms with Crippen LogP contribution in [0.2, 0.25) is 0 Å². The predicted molar refractivity (Wildman–Crippen MR) is 212 cm³/mol. The minimum absolute atomic E-state index is 0.00809. The standard InChI is InChI=1S/C45H51NO7S/c1-43(2,3)52-41(47)34(22-19-31-51-54(49,50)40-30-18-21-33-20-16-17-29-38(33)40)32-39(42(48)53-44(4,5)6)46-45(35-23-10-7-11-24-35,36-25-12-8-13-26-36)37-27-14-9-15-28-37/h7-18,20-21,23-30,34,39,46H,19,22,31-32H2,1-6H3. The van der Waals surface area contributed by atoms with Crippen LogP contribution >= 0.6 is 0 Å². The van der Waals surface area contributed by atoms with Crippen molar-refractivity contribution in [3.05, 3.63) is 150 Å². The molecule has 5 rings (SSSR count). The van der Waals surface area contributed by atoms with E-state index in [-0.39, 0.29) is 30.8 Å². The summed E-state index contributed by atoms with van der Waals surface area (Å²) in [5.74, 6) is -1.85. The number of carbonyl (C=O) groups is 2. The van der Waals surface area contributed by atoms with Gasteiger partial charge in [0.2, 0.25) is 0 Å². The number of carbonyl (C=O) groups excluding carboxylic acids is 2. The van der Waals surface area contributed by atoms with Crippen LogP contribution in [-0.2, 0) is 38.9 Å². The van der Waals surface area contributed by atoms with Crippen LogP contribution in [-0.4, -0.2) is 44.2 Å². The minimum atomic E-state index is -4.11. The van der Waals surface area contributed by atoms with Gasteiger partial charge in [0, 0.05) is 5.39 Å². The van der Waals surface area contributed by atoms with E-state index in [1.54, 1.807) is 59.7 Å².